The maximum atomic E-state index is 4.99. The molecule has 5 aromatic rings. The summed E-state index contributed by atoms with van der Waals surface area (Å²) in [5, 5.41) is 0. The lowest BCUT2D eigenvalue weighted by atomic mass is 9.73. The smallest absolute Gasteiger partial charge is 0.211 e. The van der Waals surface area contributed by atoms with E-state index < -0.39 is 0 Å². The zero-order valence-corrected chi connectivity index (χ0v) is 21.4. The largest absolute Gasteiger partial charge is 0.336 e. The third-order valence-electron chi connectivity index (χ3n) is 8.46. The molecular weight excluding hydrogens is 440 g/mol. The van der Waals surface area contributed by atoms with Gasteiger partial charge in [-0.05, 0) is 67.4 Å². The van der Waals surface area contributed by atoms with Gasteiger partial charge in [0.2, 0.25) is 5.95 Å². The van der Waals surface area contributed by atoms with E-state index >= 15 is 0 Å². The Bertz CT molecular complexity index is 1620. The molecule has 3 heterocycles. The number of fused-ring (bicyclic) bond motifs is 7. The van der Waals surface area contributed by atoms with Gasteiger partial charge in [-0.2, -0.15) is 0 Å². The van der Waals surface area contributed by atoms with Crippen LogP contribution in [-0.2, 0) is 11.0 Å². The predicted molar refractivity (Wildman–Crippen MR) is 149 cm³/mol. The molecule has 0 bridgehead atoms. The average Bonchev–Trinajstić information content (AvgIpc) is 3.28. The molecule has 2 aliphatic heterocycles. The molecule has 0 saturated carbocycles. The summed E-state index contributed by atoms with van der Waals surface area (Å²) in [6.07, 6.45) is 0. The average molecular weight is 471 g/mol. The molecule has 0 radical (unpaired) electrons. The fourth-order valence-electron chi connectivity index (χ4n) is 6.20. The lowest BCUT2D eigenvalue weighted by molar-refractivity contribution is 0.487. The minimum atomic E-state index is -0.225. The fourth-order valence-corrected chi connectivity index (χ4v) is 6.20. The Morgan fingerprint density at radius 2 is 1.25 bits per heavy atom. The standard InChI is InChI=1S/C32H30N4/c1-31(2)22-12-6-9-15-26(22)35(27-16-10-7-13-23(27)31)21-18-19-28-24(20-21)32(3,4)34(5)30-33-25-14-8-11-17-29(25)36(28)30/h6-20H,1-5H3. The molecule has 36 heavy (non-hydrogen) atoms. The van der Waals surface area contributed by atoms with Crippen LogP contribution in [0.4, 0.5) is 23.0 Å². The summed E-state index contributed by atoms with van der Waals surface area (Å²) in [5.41, 5.74) is 10.7. The summed E-state index contributed by atoms with van der Waals surface area (Å²) in [5.74, 6) is 0.983. The van der Waals surface area contributed by atoms with E-state index in [1.807, 2.05) is 0 Å². The van der Waals surface area contributed by atoms with Crippen LogP contribution in [0.3, 0.4) is 0 Å². The molecule has 4 nitrogen and oxygen atoms in total. The lowest BCUT2D eigenvalue weighted by Crippen LogP contribution is -2.44. The van der Waals surface area contributed by atoms with Gasteiger partial charge in [0.15, 0.2) is 0 Å². The van der Waals surface area contributed by atoms with E-state index in [2.05, 4.69) is 140 Å². The van der Waals surface area contributed by atoms with Crippen LogP contribution in [0.5, 0.6) is 0 Å². The van der Waals surface area contributed by atoms with Gasteiger partial charge in [-0.15, -0.1) is 0 Å². The SMILES string of the molecule is CN1c2nc3ccccc3n2-c2ccc(N3c4ccccc4C(C)(C)c4ccccc43)cc2C1(C)C. The van der Waals surface area contributed by atoms with Crippen LogP contribution in [0, 0.1) is 0 Å². The summed E-state index contributed by atoms with van der Waals surface area (Å²) in [6.45, 7) is 9.25. The summed E-state index contributed by atoms with van der Waals surface area (Å²) < 4.78 is 2.31. The number of para-hydroxylation sites is 4. The molecule has 0 N–H and O–H groups in total. The number of anilines is 4. The zero-order chi connectivity index (χ0) is 24.8. The highest BCUT2D eigenvalue weighted by atomic mass is 15.4. The second-order valence-electron chi connectivity index (χ2n) is 11.1. The number of aromatic nitrogens is 2. The maximum Gasteiger partial charge on any atom is 0.211 e. The molecule has 0 unspecified atom stereocenters. The second-order valence-corrected chi connectivity index (χ2v) is 11.1. The quantitative estimate of drug-likeness (QED) is 0.250. The number of benzene rings is 4. The number of hydrogen-bond acceptors (Lipinski definition) is 3. The van der Waals surface area contributed by atoms with Crippen LogP contribution < -0.4 is 9.80 Å². The molecule has 0 atom stereocenters. The Kier molecular flexibility index (Phi) is 4.14. The normalized spacial score (nSPS) is 16.8. The van der Waals surface area contributed by atoms with Gasteiger partial charge in [-0.25, -0.2) is 4.98 Å². The van der Waals surface area contributed by atoms with Crippen molar-refractivity contribution in [2.75, 3.05) is 16.8 Å². The fraction of sp³-hybridized carbons (Fsp3) is 0.219. The maximum absolute atomic E-state index is 4.99. The molecule has 0 saturated heterocycles. The van der Waals surface area contributed by atoms with Gasteiger partial charge in [0.1, 0.15) is 0 Å². The molecule has 2 aliphatic rings. The number of hydrogen-bond donors (Lipinski definition) is 0. The van der Waals surface area contributed by atoms with Gasteiger partial charge >= 0.3 is 0 Å². The van der Waals surface area contributed by atoms with E-state index in [0.717, 1.165) is 17.0 Å². The van der Waals surface area contributed by atoms with Crippen LogP contribution in [-0.4, -0.2) is 16.6 Å². The molecule has 1 aromatic heterocycles. The van der Waals surface area contributed by atoms with E-state index in [9.17, 15) is 0 Å². The third-order valence-corrected chi connectivity index (χ3v) is 8.46. The predicted octanol–water partition coefficient (Wildman–Crippen LogP) is 7.82. The van der Waals surface area contributed by atoms with Crippen molar-refractivity contribution in [2.24, 2.45) is 0 Å². The first-order valence-corrected chi connectivity index (χ1v) is 12.7. The van der Waals surface area contributed by atoms with Crippen molar-refractivity contribution in [3.05, 3.63) is 108 Å². The Morgan fingerprint density at radius 1 is 0.639 bits per heavy atom. The highest BCUT2D eigenvalue weighted by Crippen LogP contribution is 2.53. The monoisotopic (exact) mass is 470 g/mol. The molecular formula is C32H30N4. The summed E-state index contributed by atoms with van der Waals surface area (Å²) in [6, 6.07) is 33.0. The van der Waals surface area contributed by atoms with Crippen molar-refractivity contribution in [1.82, 2.24) is 9.55 Å². The van der Waals surface area contributed by atoms with Gasteiger partial charge < -0.3 is 9.80 Å². The van der Waals surface area contributed by atoms with Gasteiger partial charge in [0, 0.05) is 23.7 Å². The molecule has 0 aliphatic carbocycles. The van der Waals surface area contributed by atoms with Crippen molar-refractivity contribution in [3.8, 4) is 5.69 Å². The van der Waals surface area contributed by atoms with Gasteiger partial charge in [-0.1, -0.05) is 62.4 Å². The van der Waals surface area contributed by atoms with Crippen molar-refractivity contribution >= 4 is 34.0 Å². The first-order chi connectivity index (χ1) is 17.3. The van der Waals surface area contributed by atoms with E-state index in [1.54, 1.807) is 0 Å². The van der Waals surface area contributed by atoms with Crippen LogP contribution >= 0.6 is 0 Å². The van der Waals surface area contributed by atoms with E-state index in [0.29, 0.717) is 0 Å². The number of imidazole rings is 1. The molecule has 0 amide bonds. The summed E-state index contributed by atoms with van der Waals surface area (Å²) >= 11 is 0. The second kappa shape index (κ2) is 7.01. The van der Waals surface area contributed by atoms with Crippen LogP contribution in [0.2, 0.25) is 0 Å². The van der Waals surface area contributed by atoms with E-state index in [1.165, 1.54) is 39.4 Å². The van der Waals surface area contributed by atoms with Crippen molar-refractivity contribution < 1.29 is 0 Å². The van der Waals surface area contributed by atoms with Gasteiger partial charge in [0.25, 0.3) is 0 Å². The third kappa shape index (κ3) is 2.62. The highest BCUT2D eigenvalue weighted by Gasteiger charge is 2.40. The van der Waals surface area contributed by atoms with Gasteiger partial charge in [-0.3, -0.25) is 4.57 Å². The molecule has 0 spiro atoms. The van der Waals surface area contributed by atoms with Crippen molar-refractivity contribution in [2.45, 2.75) is 38.6 Å². The van der Waals surface area contributed by atoms with Crippen molar-refractivity contribution in [3.63, 3.8) is 0 Å². The Morgan fingerprint density at radius 3 is 1.94 bits per heavy atom. The molecule has 178 valence electrons. The molecule has 0 fully saturated rings. The first-order valence-electron chi connectivity index (χ1n) is 12.7. The highest BCUT2D eigenvalue weighted by molar-refractivity contribution is 5.88. The molecule has 4 heteroatoms. The lowest BCUT2D eigenvalue weighted by Gasteiger charge is -2.44. The first kappa shape index (κ1) is 21.3. The van der Waals surface area contributed by atoms with E-state index in [-0.39, 0.29) is 11.0 Å². The van der Waals surface area contributed by atoms with E-state index in [4.69, 9.17) is 4.98 Å². The molecule has 7 rings (SSSR count). The Labute approximate surface area is 212 Å². The molecule has 4 aromatic carbocycles. The Balaban J connectivity index is 1.50. The van der Waals surface area contributed by atoms with Crippen molar-refractivity contribution in [1.29, 1.82) is 0 Å². The zero-order valence-electron chi connectivity index (χ0n) is 21.4. The van der Waals surface area contributed by atoms with Crippen LogP contribution in [0.1, 0.15) is 44.4 Å². The Hall–Kier alpha value is -4.05. The summed E-state index contributed by atoms with van der Waals surface area (Å²) in [7, 11) is 2.15. The topological polar surface area (TPSA) is 24.3 Å². The minimum absolute atomic E-state index is 0.0675. The minimum Gasteiger partial charge on any atom is -0.336 e. The van der Waals surface area contributed by atoms with Crippen LogP contribution in [0.15, 0.2) is 91.0 Å². The van der Waals surface area contributed by atoms with Crippen LogP contribution in [0.25, 0.3) is 16.7 Å². The van der Waals surface area contributed by atoms with Gasteiger partial charge in [0.05, 0.1) is 33.6 Å². The number of rotatable bonds is 1. The number of nitrogens with zero attached hydrogens (tertiary/aromatic N) is 4. The summed E-state index contributed by atoms with van der Waals surface area (Å²) in [4.78, 5) is 9.74.